The maximum Gasteiger partial charge on any atom is 0.260 e. The van der Waals surface area contributed by atoms with Crippen LogP contribution in [0.15, 0.2) is 48.5 Å². The molecule has 1 fully saturated rings. The minimum atomic E-state index is -0.107. The third-order valence-corrected chi connectivity index (χ3v) is 5.49. The Bertz CT molecular complexity index is 882. The molecule has 166 valence electrons. The van der Waals surface area contributed by atoms with E-state index in [4.69, 9.17) is 15.2 Å². The Kier molecular flexibility index (Phi) is 7.72. The van der Waals surface area contributed by atoms with Crippen LogP contribution in [0.1, 0.15) is 12.8 Å². The van der Waals surface area contributed by atoms with Gasteiger partial charge in [-0.05, 0) is 37.1 Å². The number of carbonyl (C=O) groups is 2. The van der Waals surface area contributed by atoms with Gasteiger partial charge in [0.1, 0.15) is 0 Å². The predicted molar refractivity (Wildman–Crippen MR) is 120 cm³/mol. The van der Waals surface area contributed by atoms with Crippen LogP contribution in [-0.2, 0) is 9.59 Å². The fraction of sp³-hybridized carbons (Fsp3) is 0.391. The summed E-state index contributed by atoms with van der Waals surface area (Å²) in [5.74, 6) is 0.742. The van der Waals surface area contributed by atoms with Crippen LogP contribution in [0, 0.1) is 0 Å². The van der Waals surface area contributed by atoms with E-state index in [1.807, 2.05) is 30.3 Å². The van der Waals surface area contributed by atoms with Crippen molar-refractivity contribution in [3.8, 4) is 11.5 Å². The molecule has 1 heterocycles. The van der Waals surface area contributed by atoms with Crippen LogP contribution in [-0.4, -0.2) is 68.1 Å². The lowest BCUT2D eigenvalue weighted by atomic mass is 10.0. The number of nitrogens with two attached hydrogens (primary N) is 1. The molecule has 2 amide bonds. The summed E-state index contributed by atoms with van der Waals surface area (Å²) in [6, 6.07) is 14.7. The van der Waals surface area contributed by atoms with Crippen LogP contribution >= 0.6 is 0 Å². The van der Waals surface area contributed by atoms with E-state index in [1.165, 1.54) is 7.11 Å². The van der Waals surface area contributed by atoms with Crippen molar-refractivity contribution in [1.29, 1.82) is 0 Å². The molecule has 8 heteroatoms. The molecule has 3 rings (SSSR count). The Morgan fingerprint density at radius 1 is 1.13 bits per heavy atom. The van der Waals surface area contributed by atoms with Crippen molar-refractivity contribution in [3.63, 3.8) is 0 Å². The number of hydrogen-bond acceptors (Lipinski definition) is 6. The maximum atomic E-state index is 12.6. The minimum Gasteiger partial charge on any atom is -0.491 e. The zero-order valence-electron chi connectivity index (χ0n) is 18.0. The quantitative estimate of drug-likeness (QED) is 0.629. The Hall–Kier alpha value is -3.26. The average Bonchev–Trinajstić information content (AvgIpc) is 2.78. The highest BCUT2D eigenvalue weighted by Gasteiger charge is 2.26. The first-order valence-electron chi connectivity index (χ1n) is 10.4. The normalized spacial score (nSPS) is 14.6. The number of carbonyl (C=O) groups excluding carboxylic acids is 2. The molecule has 0 unspecified atom stereocenters. The molecule has 31 heavy (non-hydrogen) atoms. The van der Waals surface area contributed by atoms with E-state index < -0.39 is 0 Å². The lowest BCUT2D eigenvalue weighted by molar-refractivity contribution is -0.135. The molecule has 0 radical (unpaired) electrons. The molecule has 3 N–H and O–H groups in total. The summed E-state index contributed by atoms with van der Waals surface area (Å²) in [7, 11) is 3.31. The second-order valence-corrected chi connectivity index (χ2v) is 7.59. The van der Waals surface area contributed by atoms with Crippen molar-refractivity contribution in [2.75, 3.05) is 51.4 Å². The molecule has 0 atom stereocenters. The fourth-order valence-corrected chi connectivity index (χ4v) is 3.70. The van der Waals surface area contributed by atoms with Gasteiger partial charge in [-0.3, -0.25) is 14.5 Å². The molecule has 0 aromatic heterocycles. The van der Waals surface area contributed by atoms with Gasteiger partial charge < -0.3 is 25.4 Å². The van der Waals surface area contributed by atoms with Crippen molar-refractivity contribution in [3.05, 3.63) is 48.5 Å². The van der Waals surface area contributed by atoms with Gasteiger partial charge >= 0.3 is 0 Å². The Morgan fingerprint density at radius 2 is 1.84 bits per heavy atom. The van der Waals surface area contributed by atoms with E-state index in [9.17, 15) is 9.59 Å². The summed E-state index contributed by atoms with van der Waals surface area (Å²) in [4.78, 5) is 28.7. The van der Waals surface area contributed by atoms with Crippen LogP contribution in [0.4, 0.5) is 11.4 Å². The monoisotopic (exact) mass is 426 g/mol. The third kappa shape index (κ3) is 6.11. The van der Waals surface area contributed by atoms with Crippen LogP contribution < -0.4 is 20.5 Å². The average molecular weight is 427 g/mol. The van der Waals surface area contributed by atoms with Gasteiger partial charge in [0.05, 0.1) is 19.3 Å². The van der Waals surface area contributed by atoms with Crippen LogP contribution in [0.3, 0.4) is 0 Å². The summed E-state index contributed by atoms with van der Waals surface area (Å²) in [6.07, 6.45) is 1.62. The third-order valence-electron chi connectivity index (χ3n) is 5.49. The summed E-state index contributed by atoms with van der Waals surface area (Å²) in [6.45, 7) is 1.77. The SMILES string of the molecule is COc1c(N)cccc1OCC(=O)N(C)C1CCN(CC(=O)Nc2ccccc2)CC1. The summed E-state index contributed by atoms with van der Waals surface area (Å²) in [5, 5.41) is 2.91. The molecule has 2 aromatic carbocycles. The van der Waals surface area contributed by atoms with Crippen LogP contribution in [0.5, 0.6) is 11.5 Å². The molecule has 2 aromatic rings. The number of likely N-dealkylation sites (N-methyl/N-ethyl adjacent to an activating group) is 1. The minimum absolute atomic E-state index is 0.0291. The van der Waals surface area contributed by atoms with Gasteiger partial charge in [0, 0.05) is 31.9 Å². The lowest BCUT2D eigenvalue weighted by Gasteiger charge is -2.36. The molecule has 1 aliphatic heterocycles. The van der Waals surface area contributed by atoms with Crippen molar-refractivity contribution in [2.24, 2.45) is 0 Å². The van der Waals surface area contributed by atoms with Gasteiger partial charge in [-0.1, -0.05) is 24.3 Å². The van der Waals surface area contributed by atoms with Gasteiger partial charge in [-0.15, -0.1) is 0 Å². The highest BCUT2D eigenvalue weighted by Crippen LogP contribution is 2.32. The van der Waals surface area contributed by atoms with Crippen molar-refractivity contribution < 1.29 is 19.1 Å². The highest BCUT2D eigenvalue weighted by molar-refractivity contribution is 5.92. The summed E-state index contributed by atoms with van der Waals surface area (Å²) in [5.41, 5.74) is 7.13. The van der Waals surface area contributed by atoms with E-state index in [-0.39, 0.29) is 24.5 Å². The number of benzene rings is 2. The fourth-order valence-electron chi connectivity index (χ4n) is 3.70. The summed E-state index contributed by atoms with van der Waals surface area (Å²) >= 11 is 0. The van der Waals surface area contributed by atoms with Crippen LogP contribution in [0.25, 0.3) is 0 Å². The number of para-hydroxylation sites is 2. The molecule has 0 aliphatic carbocycles. The number of nitrogens with one attached hydrogen (secondary N) is 1. The molecule has 8 nitrogen and oxygen atoms in total. The second-order valence-electron chi connectivity index (χ2n) is 7.59. The number of amides is 2. The Balaban J connectivity index is 1.43. The molecule has 0 saturated carbocycles. The Labute approximate surface area is 182 Å². The Morgan fingerprint density at radius 3 is 2.52 bits per heavy atom. The standard InChI is InChI=1S/C23H30N4O4/c1-26(22(29)16-31-20-10-6-9-19(24)23(20)30-2)18-11-13-27(14-12-18)15-21(28)25-17-7-4-3-5-8-17/h3-10,18H,11-16,24H2,1-2H3,(H,25,28). The van der Waals surface area contributed by atoms with Gasteiger partial charge in [0.25, 0.3) is 5.91 Å². The maximum absolute atomic E-state index is 12.6. The number of piperidine rings is 1. The van der Waals surface area contributed by atoms with Crippen molar-refractivity contribution in [1.82, 2.24) is 9.80 Å². The van der Waals surface area contributed by atoms with E-state index in [2.05, 4.69) is 10.2 Å². The summed E-state index contributed by atoms with van der Waals surface area (Å²) < 4.78 is 10.9. The first-order chi connectivity index (χ1) is 15.0. The molecule has 1 saturated heterocycles. The zero-order valence-corrected chi connectivity index (χ0v) is 18.0. The number of hydrogen-bond donors (Lipinski definition) is 2. The number of methoxy groups -OCH3 is 1. The largest absolute Gasteiger partial charge is 0.491 e. The molecular formula is C23H30N4O4. The van der Waals surface area contributed by atoms with Gasteiger partial charge in [-0.25, -0.2) is 0 Å². The van der Waals surface area contributed by atoms with Crippen molar-refractivity contribution >= 4 is 23.2 Å². The first kappa shape index (κ1) is 22.4. The molecule has 0 spiro atoms. The number of rotatable bonds is 8. The van der Waals surface area contributed by atoms with Crippen molar-refractivity contribution in [2.45, 2.75) is 18.9 Å². The van der Waals surface area contributed by atoms with Gasteiger partial charge in [0.15, 0.2) is 18.1 Å². The smallest absolute Gasteiger partial charge is 0.260 e. The molecule has 0 bridgehead atoms. The van der Waals surface area contributed by atoms with E-state index >= 15 is 0 Å². The number of likely N-dealkylation sites (tertiary alicyclic amines) is 1. The topological polar surface area (TPSA) is 97.1 Å². The number of anilines is 2. The highest BCUT2D eigenvalue weighted by atomic mass is 16.5. The molecular weight excluding hydrogens is 396 g/mol. The predicted octanol–water partition coefficient (Wildman–Crippen LogP) is 2.22. The van der Waals surface area contributed by atoms with Gasteiger partial charge in [0.2, 0.25) is 5.91 Å². The van der Waals surface area contributed by atoms with Crippen LogP contribution in [0.2, 0.25) is 0 Å². The lowest BCUT2D eigenvalue weighted by Crippen LogP contribution is -2.48. The second kappa shape index (κ2) is 10.7. The first-order valence-corrected chi connectivity index (χ1v) is 10.4. The zero-order chi connectivity index (χ0) is 22.2. The van der Waals surface area contributed by atoms with Gasteiger partial charge in [-0.2, -0.15) is 0 Å². The van der Waals surface area contributed by atoms with E-state index in [1.54, 1.807) is 30.1 Å². The van der Waals surface area contributed by atoms with E-state index in [0.29, 0.717) is 23.7 Å². The number of nitrogens with zero attached hydrogens (tertiary/aromatic N) is 2. The van der Waals surface area contributed by atoms with E-state index in [0.717, 1.165) is 31.6 Å². The molecule has 1 aliphatic rings. The number of nitrogen functional groups attached to an aromatic ring is 1. The number of ether oxygens (including phenoxy) is 2.